The van der Waals surface area contributed by atoms with E-state index in [1.54, 1.807) is 0 Å². The first-order valence-corrected chi connectivity index (χ1v) is 9.26. The van der Waals surface area contributed by atoms with Gasteiger partial charge in [0.05, 0.1) is 19.7 Å². The van der Waals surface area contributed by atoms with E-state index >= 15 is 0 Å². The Morgan fingerprint density at radius 3 is 2.72 bits per heavy atom. The lowest BCUT2D eigenvalue weighted by atomic mass is 9.88. The maximum Gasteiger partial charge on any atom is 0.387 e. The number of hydrogen-bond acceptors (Lipinski definition) is 4. The number of aryl methyl sites for hydroxylation is 1. The lowest BCUT2D eigenvalue weighted by Gasteiger charge is -2.26. The van der Waals surface area contributed by atoms with E-state index < -0.39 is 12.5 Å². The average Bonchev–Trinajstić information content (AvgIpc) is 2.72. The van der Waals surface area contributed by atoms with Crippen molar-refractivity contribution in [3.8, 4) is 11.5 Å². The van der Waals surface area contributed by atoms with E-state index in [0.717, 1.165) is 24.8 Å². The highest BCUT2D eigenvalue weighted by Crippen LogP contribution is 2.30. The molecule has 1 aliphatic rings. The second-order valence-corrected chi connectivity index (χ2v) is 6.64. The van der Waals surface area contributed by atoms with E-state index in [1.165, 1.54) is 30.9 Å². The SMILES string of the molecule is COc1cc(C(=O)NCC(=O)N[C@H]2CCCc3ccccc32)ccc1OC(F)F. The summed E-state index contributed by atoms with van der Waals surface area (Å²) in [5, 5.41) is 5.48. The molecule has 3 rings (SSSR count). The molecule has 0 heterocycles. The second kappa shape index (κ2) is 9.36. The summed E-state index contributed by atoms with van der Waals surface area (Å²) in [5.74, 6) is -0.996. The van der Waals surface area contributed by atoms with Gasteiger partial charge >= 0.3 is 6.61 Å². The molecule has 2 amide bonds. The van der Waals surface area contributed by atoms with Crippen molar-refractivity contribution < 1.29 is 27.8 Å². The molecule has 0 aromatic heterocycles. The van der Waals surface area contributed by atoms with Crippen molar-refractivity contribution >= 4 is 11.8 Å². The molecule has 0 aliphatic heterocycles. The average molecular weight is 404 g/mol. The summed E-state index contributed by atoms with van der Waals surface area (Å²) in [6.07, 6.45) is 2.83. The number of fused-ring (bicyclic) bond motifs is 1. The Morgan fingerprint density at radius 2 is 1.97 bits per heavy atom. The molecule has 0 unspecified atom stereocenters. The molecule has 2 aromatic carbocycles. The monoisotopic (exact) mass is 404 g/mol. The number of carbonyl (C=O) groups is 2. The zero-order chi connectivity index (χ0) is 20.8. The summed E-state index contributed by atoms with van der Waals surface area (Å²) in [6.45, 7) is -3.20. The lowest BCUT2D eigenvalue weighted by Crippen LogP contribution is -2.39. The Bertz CT molecular complexity index is 889. The van der Waals surface area contributed by atoms with Crippen LogP contribution in [-0.4, -0.2) is 32.1 Å². The number of methoxy groups -OCH3 is 1. The van der Waals surface area contributed by atoms with Gasteiger partial charge in [-0.05, 0) is 48.6 Å². The summed E-state index contributed by atoms with van der Waals surface area (Å²) in [4.78, 5) is 24.6. The van der Waals surface area contributed by atoms with Crippen LogP contribution in [0.25, 0.3) is 0 Å². The molecule has 0 saturated carbocycles. The van der Waals surface area contributed by atoms with Crippen LogP contribution in [0.4, 0.5) is 8.78 Å². The minimum atomic E-state index is -3.00. The molecule has 1 atom stereocenters. The first kappa shape index (κ1) is 20.6. The topological polar surface area (TPSA) is 76.7 Å². The fraction of sp³-hybridized carbons (Fsp3) is 0.333. The van der Waals surface area contributed by atoms with Crippen LogP contribution in [0.2, 0.25) is 0 Å². The molecule has 154 valence electrons. The van der Waals surface area contributed by atoms with Crippen LogP contribution in [0.5, 0.6) is 11.5 Å². The highest BCUT2D eigenvalue weighted by atomic mass is 19.3. The number of alkyl halides is 2. The van der Waals surface area contributed by atoms with E-state index in [2.05, 4.69) is 21.4 Å². The predicted octanol–water partition coefficient (Wildman–Crippen LogP) is 3.22. The van der Waals surface area contributed by atoms with E-state index in [1.807, 2.05) is 18.2 Å². The van der Waals surface area contributed by atoms with Crippen LogP contribution in [0.1, 0.15) is 40.4 Å². The van der Waals surface area contributed by atoms with Gasteiger partial charge in [-0.2, -0.15) is 8.78 Å². The summed E-state index contributed by atoms with van der Waals surface area (Å²) in [7, 11) is 1.28. The third kappa shape index (κ3) is 5.22. The summed E-state index contributed by atoms with van der Waals surface area (Å²) >= 11 is 0. The molecule has 0 bridgehead atoms. The minimum absolute atomic E-state index is 0.00112. The third-order valence-electron chi connectivity index (χ3n) is 4.76. The molecule has 0 saturated heterocycles. The number of ether oxygens (including phenoxy) is 2. The molecule has 0 spiro atoms. The van der Waals surface area contributed by atoms with Crippen molar-refractivity contribution in [1.29, 1.82) is 0 Å². The first-order valence-electron chi connectivity index (χ1n) is 9.26. The Balaban J connectivity index is 1.57. The molecule has 2 aromatic rings. The van der Waals surface area contributed by atoms with E-state index in [-0.39, 0.29) is 35.6 Å². The van der Waals surface area contributed by atoms with Crippen LogP contribution >= 0.6 is 0 Å². The first-order chi connectivity index (χ1) is 14.0. The van der Waals surface area contributed by atoms with Gasteiger partial charge in [0.15, 0.2) is 11.5 Å². The van der Waals surface area contributed by atoms with E-state index in [0.29, 0.717) is 0 Å². The summed E-state index contributed by atoms with van der Waals surface area (Å²) in [6, 6.07) is 11.7. The van der Waals surface area contributed by atoms with E-state index in [9.17, 15) is 18.4 Å². The maximum absolute atomic E-state index is 12.4. The molecule has 1 aliphatic carbocycles. The van der Waals surface area contributed by atoms with Crippen LogP contribution in [0, 0.1) is 0 Å². The molecule has 29 heavy (non-hydrogen) atoms. The minimum Gasteiger partial charge on any atom is -0.493 e. The second-order valence-electron chi connectivity index (χ2n) is 6.64. The number of hydrogen-bond donors (Lipinski definition) is 2. The Hall–Kier alpha value is -3.16. The van der Waals surface area contributed by atoms with Crippen LogP contribution < -0.4 is 20.1 Å². The number of rotatable bonds is 7. The lowest BCUT2D eigenvalue weighted by molar-refractivity contribution is -0.121. The smallest absolute Gasteiger partial charge is 0.387 e. The standard InChI is InChI=1S/C21H22F2N2O4/c1-28-18-11-14(9-10-17(18)29-21(22)23)20(27)24-12-19(26)25-16-8-4-6-13-5-2-3-7-15(13)16/h2-3,5,7,9-11,16,21H,4,6,8,12H2,1H3,(H,24,27)(H,25,26)/t16-/m0/s1. The van der Waals surface area contributed by atoms with Gasteiger partial charge in [-0.3, -0.25) is 9.59 Å². The number of halogens is 2. The quantitative estimate of drug-likeness (QED) is 0.743. The fourth-order valence-corrected chi connectivity index (χ4v) is 3.41. The highest BCUT2D eigenvalue weighted by molar-refractivity contribution is 5.97. The number of nitrogens with one attached hydrogen (secondary N) is 2. The molecule has 6 nitrogen and oxygen atoms in total. The molecular weight excluding hydrogens is 382 g/mol. The van der Waals surface area contributed by atoms with Gasteiger partial charge in [-0.25, -0.2) is 0 Å². The molecule has 8 heteroatoms. The van der Waals surface area contributed by atoms with Gasteiger partial charge in [0.2, 0.25) is 5.91 Å². The third-order valence-corrected chi connectivity index (χ3v) is 4.76. The zero-order valence-corrected chi connectivity index (χ0v) is 15.9. The van der Waals surface area contributed by atoms with Crippen molar-refractivity contribution in [3.63, 3.8) is 0 Å². The van der Waals surface area contributed by atoms with Gasteiger partial charge in [-0.1, -0.05) is 24.3 Å². The maximum atomic E-state index is 12.4. The molecule has 0 fully saturated rings. The summed E-state index contributed by atoms with van der Waals surface area (Å²) in [5.41, 5.74) is 2.50. The van der Waals surface area contributed by atoms with Crippen LogP contribution in [-0.2, 0) is 11.2 Å². The van der Waals surface area contributed by atoms with Gasteiger partial charge in [-0.15, -0.1) is 0 Å². The largest absolute Gasteiger partial charge is 0.493 e. The van der Waals surface area contributed by atoms with Gasteiger partial charge in [0, 0.05) is 5.56 Å². The van der Waals surface area contributed by atoms with Crippen molar-refractivity contribution in [3.05, 3.63) is 59.2 Å². The van der Waals surface area contributed by atoms with Gasteiger partial charge < -0.3 is 20.1 Å². The van der Waals surface area contributed by atoms with Gasteiger partial charge in [0.25, 0.3) is 5.91 Å². The van der Waals surface area contributed by atoms with Crippen molar-refractivity contribution in [2.75, 3.05) is 13.7 Å². The number of amides is 2. The van der Waals surface area contributed by atoms with Crippen molar-refractivity contribution in [1.82, 2.24) is 10.6 Å². The molecule has 2 N–H and O–H groups in total. The normalized spacial score (nSPS) is 15.4. The Morgan fingerprint density at radius 1 is 1.17 bits per heavy atom. The van der Waals surface area contributed by atoms with Crippen molar-refractivity contribution in [2.24, 2.45) is 0 Å². The Kier molecular flexibility index (Phi) is 6.64. The van der Waals surface area contributed by atoms with Crippen LogP contribution in [0.3, 0.4) is 0 Å². The van der Waals surface area contributed by atoms with Gasteiger partial charge in [0.1, 0.15) is 0 Å². The van der Waals surface area contributed by atoms with Crippen LogP contribution in [0.15, 0.2) is 42.5 Å². The predicted molar refractivity (Wildman–Crippen MR) is 102 cm³/mol. The zero-order valence-electron chi connectivity index (χ0n) is 15.9. The van der Waals surface area contributed by atoms with Crippen molar-refractivity contribution in [2.45, 2.75) is 31.9 Å². The fourth-order valence-electron chi connectivity index (χ4n) is 3.41. The number of benzene rings is 2. The molecular formula is C21H22F2N2O4. The number of carbonyl (C=O) groups excluding carboxylic acids is 2. The Labute approximate surface area is 167 Å². The highest BCUT2D eigenvalue weighted by Gasteiger charge is 2.21. The molecule has 0 radical (unpaired) electrons. The summed E-state index contributed by atoms with van der Waals surface area (Å²) < 4.78 is 34.1. The van der Waals surface area contributed by atoms with E-state index in [4.69, 9.17) is 4.74 Å².